The molecule has 1 unspecified atom stereocenters. The van der Waals surface area contributed by atoms with Crippen molar-refractivity contribution in [2.24, 2.45) is 0 Å². The molecular formula is C11H13FO2S. The summed E-state index contributed by atoms with van der Waals surface area (Å²) in [5.41, 5.74) is 0.417. The van der Waals surface area contributed by atoms with E-state index < -0.39 is 10.8 Å². The normalized spacial score (nSPS) is 12.4. The molecule has 0 saturated carbocycles. The van der Waals surface area contributed by atoms with Crippen LogP contribution in [0.25, 0.3) is 0 Å². The van der Waals surface area contributed by atoms with Crippen molar-refractivity contribution in [1.29, 1.82) is 0 Å². The van der Waals surface area contributed by atoms with Crippen LogP contribution in [0.1, 0.15) is 23.7 Å². The van der Waals surface area contributed by atoms with Crippen molar-refractivity contribution in [1.82, 2.24) is 0 Å². The third-order valence-electron chi connectivity index (χ3n) is 1.89. The van der Waals surface area contributed by atoms with Gasteiger partial charge in [0.25, 0.3) is 0 Å². The molecular weight excluding hydrogens is 215 g/mol. The summed E-state index contributed by atoms with van der Waals surface area (Å²) in [6.07, 6.45) is 0.795. The summed E-state index contributed by atoms with van der Waals surface area (Å²) in [5, 5.41) is 0. The molecule has 82 valence electrons. The fourth-order valence-electron chi connectivity index (χ4n) is 1.17. The number of carbonyl (C=O) groups excluding carboxylic acids is 1. The highest BCUT2D eigenvalue weighted by Crippen LogP contribution is 2.04. The van der Waals surface area contributed by atoms with Gasteiger partial charge in [-0.1, -0.05) is 6.92 Å². The van der Waals surface area contributed by atoms with Crippen LogP contribution < -0.4 is 0 Å². The quantitative estimate of drug-likeness (QED) is 0.724. The summed E-state index contributed by atoms with van der Waals surface area (Å²) in [6.45, 7) is 1.92. The standard InChI is InChI=1S/C11H13FO2S/c1-2-7-15(14)8-11(13)9-3-5-10(12)6-4-9/h3-6H,2,7-8H2,1H3. The van der Waals surface area contributed by atoms with Gasteiger partial charge in [-0.25, -0.2) is 4.39 Å². The lowest BCUT2D eigenvalue weighted by Gasteiger charge is -2.00. The fourth-order valence-corrected chi connectivity index (χ4v) is 2.22. The Kier molecular flexibility index (Phi) is 4.62. The zero-order valence-corrected chi connectivity index (χ0v) is 9.35. The predicted octanol–water partition coefficient (Wildman–Crippen LogP) is 2.17. The highest BCUT2D eigenvalue weighted by atomic mass is 32.2. The van der Waals surface area contributed by atoms with Gasteiger partial charge in [0.05, 0.1) is 5.75 Å². The second-order valence-electron chi connectivity index (χ2n) is 3.22. The Balaban J connectivity index is 2.61. The van der Waals surface area contributed by atoms with Crippen LogP contribution in [0.15, 0.2) is 24.3 Å². The van der Waals surface area contributed by atoms with Crippen LogP contribution >= 0.6 is 0 Å². The number of Topliss-reactive ketones (excluding diaryl/α,β-unsaturated/α-hetero) is 1. The molecule has 0 aromatic heterocycles. The lowest BCUT2D eigenvalue weighted by molar-refractivity contribution is 0.102. The molecule has 0 fully saturated rings. The van der Waals surface area contributed by atoms with Gasteiger partial charge in [-0.15, -0.1) is 0 Å². The maximum absolute atomic E-state index is 12.6. The minimum atomic E-state index is -1.10. The van der Waals surface area contributed by atoms with Crippen molar-refractivity contribution in [2.45, 2.75) is 13.3 Å². The Morgan fingerprint density at radius 3 is 2.47 bits per heavy atom. The van der Waals surface area contributed by atoms with Crippen LogP contribution in [0, 0.1) is 5.82 Å². The molecule has 0 spiro atoms. The summed E-state index contributed by atoms with van der Waals surface area (Å²) in [7, 11) is -1.10. The molecule has 0 aliphatic rings. The van der Waals surface area contributed by atoms with Gasteiger partial charge in [0.15, 0.2) is 5.78 Å². The Morgan fingerprint density at radius 1 is 1.33 bits per heavy atom. The lowest BCUT2D eigenvalue weighted by atomic mass is 10.1. The number of carbonyl (C=O) groups is 1. The van der Waals surface area contributed by atoms with Gasteiger partial charge < -0.3 is 0 Å². The van der Waals surface area contributed by atoms with Crippen molar-refractivity contribution in [2.75, 3.05) is 11.5 Å². The van der Waals surface area contributed by atoms with Gasteiger partial charge in [0, 0.05) is 22.1 Å². The molecule has 1 aromatic carbocycles. The highest BCUT2D eigenvalue weighted by molar-refractivity contribution is 7.85. The zero-order valence-electron chi connectivity index (χ0n) is 8.53. The van der Waals surface area contributed by atoms with Crippen molar-refractivity contribution in [3.8, 4) is 0 Å². The third-order valence-corrected chi connectivity index (χ3v) is 3.34. The summed E-state index contributed by atoms with van der Waals surface area (Å²) in [6, 6.07) is 5.30. The van der Waals surface area contributed by atoms with E-state index in [1.165, 1.54) is 24.3 Å². The van der Waals surface area contributed by atoms with Gasteiger partial charge in [0.1, 0.15) is 5.82 Å². The summed E-state index contributed by atoms with van der Waals surface area (Å²) >= 11 is 0. The van der Waals surface area contributed by atoms with Gasteiger partial charge in [-0.05, 0) is 30.7 Å². The smallest absolute Gasteiger partial charge is 0.175 e. The van der Waals surface area contributed by atoms with Gasteiger partial charge in [-0.2, -0.15) is 0 Å². The highest BCUT2D eigenvalue weighted by Gasteiger charge is 2.09. The summed E-state index contributed by atoms with van der Waals surface area (Å²) in [5.74, 6) is -0.00474. The zero-order chi connectivity index (χ0) is 11.3. The molecule has 1 aromatic rings. The molecule has 0 radical (unpaired) electrons. The Labute approximate surface area is 91.0 Å². The number of benzene rings is 1. The largest absolute Gasteiger partial charge is 0.293 e. The Morgan fingerprint density at radius 2 is 1.93 bits per heavy atom. The second-order valence-corrected chi connectivity index (χ2v) is 4.79. The number of rotatable bonds is 5. The molecule has 1 rings (SSSR count). The molecule has 1 atom stereocenters. The molecule has 0 aliphatic heterocycles. The molecule has 4 heteroatoms. The van der Waals surface area contributed by atoms with E-state index in [-0.39, 0.29) is 17.4 Å². The number of hydrogen-bond donors (Lipinski definition) is 0. The monoisotopic (exact) mass is 228 g/mol. The fraction of sp³-hybridized carbons (Fsp3) is 0.364. The van der Waals surface area contributed by atoms with Gasteiger partial charge in [-0.3, -0.25) is 9.00 Å². The maximum atomic E-state index is 12.6. The third kappa shape index (κ3) is 3.91. The van der Waals surface area contributed by atoms with Crippen LogP contribution in [-0.4, -0.2) is 21.5 Å². The molecule has 0 amide bonds. The average Bonchev–Trinajstić information content (AvgIpc) is 2.18. The first-order chi connectivity index (χ1) is 7.13. The summed E-state index contributed by atoms with van der Waals surface area (Å²) in [4.78, 5) is 11.5. The minimum Gasteiger partial charge on any atom is -0.293 e. The minimum absolute atomic E-state index is 0.0273. The molecule has 0 bridgehead atoms. The molecule has 0 saturated heterocycles. The van der Waals surface area contributed by atoms with Crippen molar-refractivity contribution < 1.29 is 13.4 Å². The van der Waals surface area contributed by atoms with E-state index in [1.807, 2.05) is 6.92 Å². The van der Waals surface area contributed by atoms with Crippen molar-refractivity contribution in [3.63, 3.8) is 0 Å². The van der Waals surface area contributed by atoms with E-state index in [2.05, 4.69) is 0 Å². The first kappa shape index (κ1) is 12.0. The number of ketones is 1. The molecule has 15 heavy (non-hydrogen) atoms. The Bertz CT molecular complexity index is 359. The van der Waals surface area contributed by atoms with E-state index in [9.17, 15) is 13.4 Å². The van der Waals surface area contributed by atoms with E-state index in [4.69, 9.17) is 0 Å². The number of halogens is 1. The van der Waals surface area contributed by atoms with Gasteiger partial charge >= 0.3 is 0 Å². The maximum Gasteiger partial charge on any atom is 0.175 e. The van der Waals surface area contributed by atoms with Crippen LogP contribution in [0.3, 0.4) is 0 Å². The molecule has 0 aliphatic carbocycles. The van der Waals surface area contributed by atoms with E-state index in [0.29, 0.717) is 11.3 Å². The van der Waals surface area contributed by atoms with Crippen molar-refractivity contribution >= 4 is 16.6 Å². The van der Waals surface area contributed by atoms with E-state index >= 15 is 0 Å². The summed E-state index contributed by atoms with van der Waals surface area (Å²) < 4.78 is 23.9. The number of hydrogen-bond acceptors (Lipinski definition) is 2. The van der Waals surface area contributed by atoms with Crippen LogP contribution in [0.4, 0.5) is 4.39 Å². The van der Waals surface area contributed by atoms with E-state index in [1.54, 1.807) is 0 Å². The predicted molar refractivity (Wildman–Crippen MR) is 58.9 cm³/mol. The first-order valence-electron chi connectivity index (χ1n) is 4.77. The Hall–Kier alpha value is -1.03. The molecule has 0 heterocycles. The van der Waals surface area contributed by atoms with Crippen LogP contribution in [0.5, 0.6) is 0 Å². The average molecular weight is 228 g/mol. The SMILES string of the molecule is CCCS(=O)CC(=O)c1ccc(F)cc1. The van der Waals surface area contributed by atoms with Crippen LogP contribution in [-0.2, 0) is 10.8 Å². The topological polar surface area (TPSA) is 34.1 Å². The molecule has 2 nitrogen and oxygen atoms in total. The van der Waals surface area contributed by atoms with Gasteiger partial charge in [0.2, 0.25) is 0 Å². The second kappa shape index (κ2) is 5.75. The van der Waals surface area contributed by atoms with Crippen LogP contribution in [0.2, 0.25) is 0 Å². The first-order valence-corrected chi connectivity index (χ1v) is 6.26. The van der Waals surface area contributed by atoms with Crippen molar-refractivity contribution in [3.05, 3.63) is 35.6 Å². The molecule has 0 N–H and O–H groups in total. The lowest BCUT2D eigenvalue weighted by Crippen LogP contribution is -2.12. The van der Waals surface area contributed by atoms with E-state index in [0.717, 1.165) is 6.42 Å².